The Morgan fingerprint density at radius 3 is 2.38 bits per heavy atom. The zero-order chi connectivity index (χ0) is 10.5. The number of hydrogen-bond acceptors (Lipinski definition) is 2. The summed E-state index contributed by atoms with van der Waals surface area (Å²) in [4.78, 5) is 11.0. The fraction of sp³-hybridized carbons (Fsp3) is 0.900. The van der Waals surface area contributed by atoms with Gasteiger partial charge in [-0.1, -0.05) is 40.0 Å². The lowest BCUT2D eigenvalue weighted by molar-refractivity contribution is -0.145. The Kier molecular flexibility index (Phi) is 4.99. The third-order valence-corrected chi connectivity index (χ3v) is 2.83. The highest BCUT2D eigenvalue weighted by Gasteiger charge is 2.37. The van der Waals surface area contributed by atoms with Crippen molar-refractivity contribution in [1.82, 2.24) is 0 Å². The van der Waals surface area contributed by atoms with Crippen molar-refractivity contribution in [2.45, 2.75) is 52.0 Å². The Hall–Kier alpha value is -0.570. The highest BCUT2D eigenvalue weighted by atomic mass is 16.4. The van der Waals surface area contributed by atoms with E-state index < -0.39 is 11.5 Å². The molecule has 13 heavy (non-hydrogen) atoms. The van der Waals surface area contributed by atoms with Gasteiger partial charge < -0.3 is 10.8 Å². The molecule has 0 aliphatic carbocycles. The smallest absolute Gasteiger partial charge is 0.323 e. The maximum atomic E-state index is 11.0. The van der Waals surface area contributed by atoms with Crippen LogP contribution in [-0.4, -0.2) is 16.6 Å². The molecule has 2 atom stereocenters. The van der Waals surface area contributed by atoms with Crippen molar-refractivity contribution in [3.63, 3.8) is 0 Å². The summed E-state index contributed by atoms with van der Waals surface area (Å²) >= 11 is 0. The molecule has 0 saturated carbocycles. The molecule has 78 valence electrons. The molecule has 0 rings (SSSR count). The number of hydrogen-bond donors (Lipinski definition) is 2. The van der Waals surface area contributed by atoms with Crippen LogP contribution in [0.2, 0.25) is 0 Å². The Labute approximate surface area is 80.3 Å². The van der Waals surface area contributed by atoms with Crippen LogP contribution >= 0.6 is 0 Å². The number of aliphatic carboxylic acids is 1. The highest BCUT2D eigenvalue weighted by molar-refractivity contribution is 5.78. The van der Waals surface area contributed by atoms with Crippen molar-refractivity contribution in [1.29, 1.82) is 0 Å². The van der Waals surface area contributed by atoms with E-state index in [0.29, 0.717) is 6.42 Å². The van der Waals surface area contributed by atoms with Crippen molar-refractivity contribution in [2.75, 3.05) is 0 Å². The van der Waals surface area contributed by atoms with Crippen molar-refractivity contribution >= 4 is 5.97 Å². The maximum Gasteiger partial charge on any atom is 0.323 e. The van der Waals surface area contributed by atoms with Gasteiger partial charge >= 0.3 is 5.97 Å². The fourth-order valence-electron chi connectivity index (χ4n) is 1.40. The van der Waals surface area contributed by atoms with Crippen molar-refractivity contribution in [3.8, 4) is 0 Å². The van der Waals surface area contributed by atoms with Gasteiger partial charge in [-0.15, -0.1) is 0 Å². The van der Waals surface area contributed by atoms with Crippen LogP contribution in [0.4, 0.5) is 0 Å². The summed E-state index contributed by atoms with van der Waals surface area (Å²) in [6, 6.07) is 0. The van der Waals surface area contributed by atoms with Crippen LogP contribution in [0.15, 0.2) is 0 Å². The summed E-state index contributed by atoms with van der Waals surface area (Å²) in [6.07, 6.45) is 3.26. The lowest BCUT2D eigenvalue weighted by Crippen LogP contribution is -2.53. The molecule has 0 amide bonds. The first-order chi connectivity index (χ1) is 5.99. The molecule has 0 bridgehead atoms. The van der Waals surface area contributed by atoms with Crippen LogP contribution in [0.1, 0.15) is 46.5 Å². The lowest BCUT2D eigenvalue weighted by atomic mass is 9.80. The molecular weight excluding hydrogens is 166 g/mol. The van der Waals surface area contributed by atoms with E-state index in [2.05, 4.69) is 0 Å². The number of nitrogens with two attached hydrogens (primary N) is 1. The zero-order valence-electron chi connectivity index (χ0n) is 8.84. The molecule has 2 unspecified atom stereocenters. The summed E-state index contributed by atoms with van der Waals surface area (Å²) in [5.74, 6) is -0.827. The van der Waals surface area contributed by atoms with Gasteiger partial charge in [0.2, 0.25) is 0 Å². The van der Waals surface area contributed by atoms with Crippen LogP contribution in [0.25, 0.3) is 0 Å². The molecule has 0 fully saturated rings. The molecule has 0 radical (unpaired) electrons. The highest BCUT2D eigenvalue weighted by Crippen LogP contribution is 2.24. The Morgan fingerprint density at radius 1 is 1.54 bits per heavy atom. The van der Waals surface area contributed by atoms with E-state index >= 15 is 0 Å². The van der Waals surface area contributed by atoms with E-state index in [1.165, 1.54) is 0 Å². The van der Waals surface area contributed by atoms with Crippen molar-refractivity contribution in [3.05, 3.63) is 0 Å². The number of unbranched alkanes of at least 4 members (excludes halogenated alkanes) is 1. The minimum absolute atomic E-state index is 0.0385. The molecule has 0 aromatic carbocycles. The third kappa shape index (κ3) is 2.99. The van der Waals surface area contributed by atoms with E-state index in [-0.39, 0.29) is 5.92 Å². The summed E-state index contributed by atoms with van der Waals surface area (Å²) in [6.45, 7) is 5.92. The second-order valence-corrected chi connectivity index (χ2v) is 3.76. The fourth-order valence-corrected chi connectivity index (χ4v) is 1.40. The molecule has 3 nitrogen and oxygen atoms in total. The molecule has 0 aliphatic rings. The SMILES string of the molecule is CCCCC(N)(C(=O)O)C(C)CC. The van der Waals surface area contributed by atoms with Crippen LogP contribution < -0.4 is 5.73 Å². The first-order valence-corrected chi connectivity index (χ1v) is 5.01. The minimum Gasteiger partial charge on any atom is -0.480 e. The van der Waals surface area contributed by atoms with Crippen molar-refractivity contribution < 1.29 is 9.90 Å². The number of carboxylic acid groups (broad SMARTS) is 1. The van der Waals surface area contributed by atoms with Crippen LogP contribution in [0, 0.1) is 5.92 Å². The summed E-state index contributed by atoms with van der Waals surface area (Å²) < 4.78 is 0. The maximum absolute atomic E-state index is 11.0. The van der Waals surface area contributed by atoms with Gasteiger partial charge in [0.1, 0.15) is 5.54 Å². The van der Waals surface area contributed by atoms with Gasteiger partial charge in [-0.25, -0.2) is 0 Å². The predicted octanol–water partition coefficient (Wildman–Crippen LogP) is 2.00. The van der Waals surface area contributed by atoms with E-state index in [1.54, 1.807) is 0 Å². The molecule has 0 aliphatic heterocycles. The number of rotatable bonds is 6. The van der Waals surface area contributed by atoms with Gasteiger partial charge in [0.25, 0.3) is 0 Å². The largest absolute Gasteiger partial charge is 0.480 e. The number of carbonyl (C=O) groups is 1. The van der Waals surface area contributed by atoms with E-state index in [9.17, 15) is 4.79 Å². The Bertz CT molecular complexity index is 170. The first-order valence-electron chi connectivity index (χ1n) is 5.01. The van der Waals surface area contributed by atoms with E-state index in [4.69, 9.17) is 10.8 Å². The van der Waals surface area contributed by atoms with Crippen LogP contribution in [0.5, 0.6) is 0 Å². The average molecular weight is 187 g/mol. The summed E-state index contributed by atoms with van der Waals surface area (Å²) in [7, 11) is 0. The second kappa shape index (κ2) is 5.22. The van der Waals surface area contributed by atoms with Gasteiger partial charge in [-0.05, 0) is 12.3 Å². The molecule has 0 spiro atoms. The quantitative estimate of drug-likeness (QED) is 0.668. The zero-order valence-corrected chi connectivity index (χ0v) is 8.84. The molecule has 0 aromatic rings. The van der Waals surface area contributed by atoms with Crippen molar-refractivity contribution in [2.24, 2.45) is 11.7 Å². The molecule has 0 aromatic heterocycles. The van der Waals surface area contributed by atoms with Crippen LogP contribution in [0.3, 0.4) is 0 Å². The molecule has 3 heteroatoms. The van der Waals surface area contributed by atoms with Gasteiger partial charge in [0.15, 0.2) is 0 Å². The minimum atomic E-state index is -1.02. The normalized spacial score (nSPS) is 17.8. The molecule has 3 N–H and O–H groups in total. The average Bonchev–Trinajstić information content (AvgIpc) is 2.12. The van der Waals surface area contributed by atoms with Gasteiger partial charge in [0, 0.05) is 0 Å². The molecule has 0 saturated heterocycles. The third-order valence-electron chi connectivity index (χ3n) is 2.83. The monoisotopic (exact) mass is 187 g/mol. The summed E-state index contributed by atoms with van der Waals surface area (Å²) in [5, 5.41) is 9.04. The Morgan fingerprint density at radius 2 is 2.08 bits per heavy atom. The lowest BCUT2D eigenvalue weighted by Gasteiger charge is -2.30. The number of carboxylic acids is 1. The summed E-state index contributed by atoms with van der Waals surface area (Å²) in [5.41, 5.74) is 4.86. The van der Waals surface area contributed by atoms with E-state index in [1.807, 2.05) is 20.8 Å². The first kappa shape index (κ1) is 12.4. The second-order valence-electron chi connectivity index (χ2n) is 3.76. The van der Waals surface area contributed by atoms with Crippen LogP contribution in [-0.2, 0) is 4.79 Å². The Balaban J connectivity index is 4.42. The molecular formula is C10H21NO2. The van der Waals surface area contributed by atoms with Gasteiger partial charge in [-0.2, -0.15) is 0 Å². The molecule has 0 heterocycles. The van der Waals surface area contributed by atoms with Gasteiger partial charge in [0.05, 0.1) is 0 Å². The van der Waals surface area contributed by atoms with E-state index in [0.717, 1.165) is 19.3 Å². The standard InChI is InChI=1S/C10H21NO2/c1-4-6-7-10(11,9(12)13)8(3)5-2/h8H,4-7,11H2,1-3H3,(H,12,13). The topological polar surface area (TPSA) is 63.3 Å². The van der Waals surface area contributed by atoms with Gasteiger partial charge in [-0.3, -0.25) is 4.79 Å². The predicted molar refractivity (Wildman–Crippen MR) is 53.5 cm³/mol.